The van der Waals surface area contributed by atoms with E-state index in [0.29, 0.717) is 30.0 Å². The third-order valence-corrected chi connectivity index (χ3v) is 5.33. The van der Waals surface area contributed by atoms with Crippen LogP contribution in [0, 0.1) is 6.92 Å². The summed E-state index contributed by atoms with van der Waals surface area (Å²) in [6, 6.07) is 5.44. The average molecular weight is 373 g/mol. The number of hydrogen-bond acceptors (Lipinski definition) is 5. The summed E-state index contributed by atoms with van der Waals surface area (Å²) >= 11 is 1.47. The molecule has 1 N–H and O–H groups in total. The van der Waals surface area contributed by atoms with E-state index in [1.165, 1.54) is 20.4 Å². The van der Waals surface area contributed by atoms with Gasteiger partial charge in [-0.15, -0.1) is 16.4 Å². The molecule has 8 heteroatoms. The zero-order valence-electron chi connectivity index (χ0n) is 15.1. The number of hydrogen-bond donors (Lipinski definition) is 1. The zero-order valence-corrected chi connectivity index (χ0v) is 15.9. The summed E-state index contributed by atoms with van der Waals surface area (Å²) in [6.07, 6.45) is 5.46. The largest absolute Gasteiger partial charge is 0.351 e. The maximum Gasteiger partial charge on any atom is 0.350 e. The second kappa shape index (κ2) is 8.27. The van der Waals surface area contributed by atoms with Gasteiger partial charge in [0.25, 0.3) is 5.91 Å². The van der Waals surface area contributed by atoms with Gasteiger partial charge in [0.05, 0.1) is 10.7 Å². The van der Waals surface area contributed by atoms with Gasteiger partial charge in [0.2, 0.25) is 0 Å². The lowest BCUT2D eigenvalue weighted by Gasteiger charge is -2.03. The van der Waals surface area contributed by atoms with Crippen LogP contribution in [0.4, 0.5) is 0 Å². The lowest BCUT2D eigenvalue weighted by Crippen LogP contribution is -2.27. The molecule has 0 saturated carbocycles. The van der Waals surface area contributed by atoms with Crippen LogP contribution in [0.5, 0.6) is 0 Å². The first-order valence-corrected chi connectivity index (χ1v) is 9.70. The van der Waals surface area contributed by atoms with Crippen LogP contribution < -0.4 is 11.0 Å². The van der Waals surface area contributed by atoms with Crippen molar-refractivity contribution < 1.29 is 4.79 Å². The van der Waals surface area contributed by atoms with Gasteiger partial charge >= 0.3 is 5.69 Å². The Labute approximate surface area is 155 Å². The Morgan fingerprint density at radius 2 is 2.15 bits per heavy atom. The molecular formula is C18H23N5O2S. The fraction of sp³-hybridized carbons (Fsp3) is 0.444. The van der Waals surface area contributed by atoms with Gasteiger partial charge in [0, 0.05) is 19.3 Å². The normalized spacial score (nSPS) is 11.2. The quantitative estimate of drug-likeness (QED) is 0.615. The highest BCUT2D eigenvalue weighted by molar-refractivity contribution is 7.13. The predicted molar refractivity (Wildman–Crippen MR) is 102 cm³/mol. The summed E-state index contributed by atoms with van der Waals surface area (Å²) in [7, 11) is 0. The highest BCUT2D eigenvalue weighted by Crippen LogP contribution is 2.19. The van der Waals surface area contributed by atoms with E-state index in [1.807, 2.05) is 13.0 Å². The number of carbonyl (C=O) groups excluding carboxylic acids is 1. The van der Waals surface area contributed by atoms with Gasteiger partial charge in [0.1, 0.15) is 4.88 Å². The van der Waals surface area contributed by atoms with Crippen molar-refractivity contribution in [1.29, 1.82) is 0 Å². The molecule has 0 aromatic carbocycles. The lowest BCUT2D eigenvalue weighted by atomic mass is 10.3. The number of rotatable bonds is 8. The van der Waals surface area contributed by atoms with E-state index >= 15 is 0 Å². The molecule has 0 atom stereocenters. The van der Waals surface area contributed by atoms with Crippen molar-refractivity contribution in [3.63, 3.8) is 0 Å². The topological polar surface area (TPSA) is 81.3 Å². The molecule has 0 bridgehead atoms. The Hall–Kier alpha value is -2.48. The Kier molecular flexibility index (Phi) is 5.82. The molecule has 7 nitrogen and oxygen atoms in total. The van der Waals surface area contributed by atoms with Crippen molar-refractivity contribution in [3.05, 3.63) is 50.5 Å². The number of carbonyl (C=O) groups is 1. The summed E-state index contributed by atoms with van der Waals surface area (Å²) in [5.41, 5.74) is 1.25. The molecule has 0 saturated heterocycles. The van der Waals surface area contributed by atoms with Crippen LogP contribution in [0.25, 0.3) is 5.65 Å². The number of nitrogens with zero attached hydrogens (tertiary/aromatic N) is 4. The Bertz CT molecular complexity index is 956. The van der Waals surface area contributed by atoms with Crippen molar-refractivity contribution >= 4 is 22.9 Å². The first-order chi connectivity index (χ1) is 12.6. The molecule has 3 aromatic rings. The minimum Gasteiger partial charge on any atom is -0.351 e. The standard InChI is InChI=1S/C18H23N5O2S/c1-3-4-9-15-20-13(2)16(26-15)17(24)19-10-7-12-23-18(25)22-11-6-5-8-14(22)21-23/h5-6,8,11H,3-4,7,9-10,12H2,1-2H3,(H,19,24). The molecule has 0 spiro atoms. The van der Waals surface area contributed by atoms with Crippen LogP contribution in [0.3, 0.4) is 0 Å². The molecule has 1 amide bonds. The number of unbranched alkanes of at least 4 members (excludes halogenated alkanes) is 1. The molecule has 26 heavy (non-hydrogen) atoms. The molecule has 0 unspecified atom stereocenters. The smallest absolute Gasteiger partial charge is 0.350 e. The lowest BCUT2D eigenvalue weighted by molar-refractivity contribution is 0.0956. The number of nitrogens with one attached hydrogen (secondary N) is 1. The number of amides is 1. The summed E-state index contributed by atoms with van der Waals surface area (Å²) in [5, 5.41) is 8.21. The van der Waals surface area contributed by atoms with Gasteiger partial charge in [0.15, 0.2) is 5.65 Å². The van der Waals surface area contributed by atoms with Gasteiger partial charge in [-0.1, -0.05) is 19.4 Å². The zero-order chi connectivity index (χ0) is 18.5. The van der Waals surface area contributed by atoms with Crippen LogP contribution in [0.2, 0.25) is 0 Å². The summed E-state index contributed by atoms with van der Waals surface area (Å²) in [4.78, 5) is 29.7. The van der Waals surface area contributed by atoms with Crippen LogP contribution >= 0.6 is 11.3 Å². The van der Waals surface area contributed by atoms with Crippen LogP contribution in [0.15, 0.2) is 29.2 Å². The van der Waals surface area contributed by atoms with Crippen LogP contribution in [0.1, 0.15) is 46.6 Å². The average Bonchev–Trinajstić information content (AvgIpc) is 3.17. The third-order valence-electron chi connectivity index (χ3n) is 4.11. The Balaban J connectivity index is 1.53. The monoisotopic (exact) mass is 373 g/mol. The molecule has 0 radical (unpaired) electrons. The highest BCUT2D eigenvalue weighted by Gasteiger charge is 2.14. The molecular weight excluding hydrogens is 350 g/mol. The van der Waals surface area contributed by atoms with Gasteiger partial charge < -0.3 is 5.32 Å². The molecule has 138 valence electrons. The predicted octanol–water partition coefficient (Wildman–Crippen LogP) is 2.42. The second-order valence-corrected chi connectivity index (χ2v) is 7.25. The number of aromatic nitrogens is 4. The first kappa shape index (κ1) is 18.3. The number of fused-ring (bicyclic) bond motifs is 1. The fourth-order valence-corrected chi connectivity index (χ4v) is 3.75. The molecule has 0 aliphatic rings. The molecule has 3 aromatic heterocycles. The van der Waals surface area contributed by atoms with Crippen LogP contribution in [-0.4, -0.2) is 31.6 Å². The fourth-order valence-electron chi connectivity index (χ4n) is 2.72. The number of thiazole rings is 1. The van der Waals surface area contributed by atoms with Crippen LogP contribution in [-0.2, 0) is 13.0 Å². The molecule has 3 heterocycles. The van der Waals surface area contributed by atoms with Crippen molar-refractivity contribution in [2.75, 3.05) is 6.54 Å². The van der Waals surface area contributed by atoms with E-state index in [4.69, 9.17) is 0 Å². The minimum atomic E-state index is -0.161. The van der Waals surface area contributed by atoms with Gasteiger partial charge in [-0.25, -0.2) is 14.5 Å². The minimum absolute atomic E-state index is 0.0925. The van der Waals surface area contributed by atoms with E-state index < -0.39 is 0 Å². The third kappa shape index (κ3) is 4.01. The van der Waals surface area contributed by atoms with E-state index in [9.17, 15) is 9.59 Å². The van der Waals surface area contributed by atoms with E-state index in [1.54, 1.807) is 18.3 Å². The molecule has 0 aliphatic heterocycles. The highest BCUT2D eigenvalue weighted by atomic mass is 32.1. The van der Waals surface area contributed by atoms with Crippen molar-refractivity contribution in [2.45, 2.75) is 46.1 Å². The number of aryl methyl sites for hydroxylation is 3. The summed E-state index contributed by atoms with van der Waals surface area (Å²) in [5.74, 6) is -0.0925. The SMILES string of the molecule is CCCCc1nc(C)c(C(=O)NCCCn2nc3ccccn3c2=O)s1. The van der Waals surface area contributed by atoms with E-state index in [0.717, 1.165) is 30.0 Å². The maximum atomic E-state index is 12.3. The van der Waals surface area contributed by atoms with E-state index in [2.05, 4.69) is 22.3 Å². The second-order valence-electron chi connectivity index (χ2n) is 6.17. The van der Waals surface area contributed by atoms with Crippen molar-refractivity contribution in [2.24, 2.45) is 0 Å². The maximum absolute atomic E-state index is 12.3. The Morgan fingerprint density at radius 1 is 1.31 bits per heavy atom. The molecule has 0 fully saturated rings. The first-order valence-electron chi connectivity index (χ1n) is 8.89. The summed E-state index contributed by atoms with van der Waals surface area (Å²) in [6.45, 7) is 4.96. The van der Waals surface area contributed by atoms with E-state index in [-0.39, 0.29) is 11.6 Å². The van der Waals surface area contributed by atoms with Gasteiger partial charge in [-0.2, -0.15) is 0 Å². The Morgan fingerprint density at radius 3 is 2.92 bits per heavy atom. The van der Waals surface area contributed by atoms with Crippen molar-refractivity contribution in [3.8, 4) is 0 Å². The van der Waals surface area contributed by atoms with Crippen molar-refractivity contribution in [1.82, 2.24) is 24.5 Å². The van der Waals surface area contributed by atoms with Gasteiger partial charge in [-0.3, -0.25) is 9.20 Å². The van der Waals surface area contributed by atoms with Gasteiger partial charge in [-0.05, 0) is 38.3 Å². The molecule has 3 rings (SSSR count). The number of pyridine rings is 1. The molecule has 0 aliphatic carbocycles. The summed E-state index contributed by atoms with van der Waals surface area (Å²) < 4.78 is 2.94.